The highest BCUT2D eigenvalue weighted by molar-refractivity contribution is 5.88. The van der Waals surface area contributed by atoms with Crippen LogP contribution in [0.3, 0.4) is 0 Å². The number of nitrogens with one attached hydrogen (secondary N) is 1. The molecule has 0 saturated carbocycles. The van der Waals surface area contributed by atoms with Crippen molar-refractivity contribution in [1.29, 1.82) is 0 Å². The van der Waals surface area contributed by atoms with Crippen LogP contribution in [0.1, 0.15) is 18.4 Å². The third-order valence-corrected chi connectivity index (χ3v) is 3.83. The molecule has 0 unspecified atom stereocenters. The number of carbonyl (C=O) groups excluding carboxylic acids is 1. The van der Waals surface area contributed by atoms with Gasteiger partial charge in [0.2, 0.25) is 5.91 Å². The van der Waals surface area contributed by atoms with Gasteiger partial charge < -0.3 is 10.2 Å². The molecule has 1 aromatic rings. The normalized spacial score (nSPS) is 19.9. The van der Waals surface area contributed by atoms with E-state index in [1.165, 1.54) is 0 Å². The third-order valence-electron chi connectivity index (χ3n) is 3.83. The number of hydrogen-bond donors (Lipinski definition) is 1. The van der Waals surface area contributed by atoms with Gasteiger partial charge in [-0.05, 0) is 38.5 Å². The first-order valence-corrected chi connectivity index (χ1v) is 6.15. The van der Waals surface area contributed by atoms with E-state index in [4.69, 9.17) is 0 Å². The van der Waals surface area contributed by atoms with Gasteiger partial charge in [-0.1, -0.05) is 30.3 Å². The lowest BCUT2D eigenvalue weighted by Crippen LogP contribution is -2.50. The number of rotatable bonds is 2. The molecule has 1 heterocycles. The topological polar surface area (TPSA) is 32.3 Å². The molecule has 0 atom stereocenters. The van der Waals surface area contributed by atoms with Crippen molar-refractivity contribution < 1.29 is 4.79 Å². The Morgan fingerprint density at radius 3 is 2.35 bits per heavy atom. The molecule has 92 valence electrons. The van der Waals surface area contributed by atoms with Crippen molar-refractivity contribution in [3.8, 4) is 0 Å². The van der Waals surface area contributed by atoms with Crippen LogP contribution < -0.4 is 5.32 Å². The predicted molar refractivity (Wildman–Crippen MR) is 68.9 cm³/mol. The molecule has 1 aliphatic heterocycles. The molecule has 0 spiro atoms. The van der Waals surface area contributed by atoms with E-state index in [2.05, 4.69) is 29.4 Å². The lowest BCUT2D eigenvalue weighted by atomic mass is 9.72. The van der Waals surface area contributed by atoms with Crippen LogP contribution in [-0.2, 0) is 10.2 Å². The second-order valence-electron chi connectivity index (χ2n) is 4.83. The average Bonchev–Trinajstić information content (AvgIpc) is 2.40. The zero-order chi connectivity index (χ0) is 12.3. The summed E-state index contributed by atoms with van der Waals surface area (Å²) in [7, 11) is 3.84. The molecular formula is C14H20N2O. The zero-order valence-corrected chi connectivity index (χ0v) is 10.6. The first-order chi connectivity index (χ1) is 8.19. The summed E-state index contributed by atoms with van der Waals surface area (Å²) in [6.07, 6.45) is 1.79. The first-order valence-electron chi connectivity index (χ1n) is 6.15. The third kappa shape index (κ3) is 2.20. The van der Waals surface area contributed by atoms with Gasteiger partial charge >= 0.3 is 0 Å². The fourth-order valence-corrected chi connectivity index (χ4v) is 2.64. The van der Waals surface area contributed by atoms with Crippen LogP contribution in [-0.4, -0.2) is 38.0 Å². The SMILES string of the molecule is CNC(=O)C1(c2ccccc2)CCN(C)CC1. The van der Waals surface area contributed by atoms with Crippen LogP contribution >= 0.6 is 0 Å². The van der Waals surface area contributed by atoms with Gasteiger partial charge in [0.15, 0.2) is 0 Å². The molecular weight excluding hydrogens is 212 g/mol. The maximum absolute atomic E-state index is 12.3. The molecule has 0 aliphatic carbocycles. The van der Waals surface area contributed by atoms with E-state index in [1.807, 2.05) is 18.2 Å². The Hall–Kier alpha value is -1.35. The average molecular weight is 232 g/mol. The van der Waals surface area contributed by atoms with Gasteiger partial charge in [-0.2, -0.15) is 0 Å². The quantitative estimate of drug-likeness (QED) is 0.836. The van der Waals surface area contributed by atoms with Gasteiger partial charge in [0.1, 0.15) is 0 Å². The van der Waals surface area contributed by atoms with E-state index < -0.39 is 0 Å². The van der Waals surface area contributed by atoms with Gasteiger partial charge in [-0.15, -0.1) is 0 Å². The molecule has 2 rings (SSSR count). The number of likely N-dealkylation sites (tertiary alicyclic amines) is 1. The van der Waals surface area contributed by atoms with Gasteiger partial charge in [0.05, 0.1) is 5.41 Å². The van der Waals surface area contributed by atoms with Gasteiger partial charge in [-0.3, -0.25) is 4.79 Å². The van der Waals surface area contributed by atoms with Crippen LogP contribution in [0, 0.1) is 0 Å². The maximum atomic E-state index is 12.3. The summed E-state index contributed by atoms with van der Waals surface area (Å²) in [6.45, 7) is 1.95. The Balaban J connectivity index is 2.35. The molecule has 0 bridgehead atoms. The van der Waals surface area contributed by atoms with Crippen molar-refractivity contribution in [2.75, 3.05) is 27.2 Å². The molecule has 0 radical (unpaired) electrons. The Morgan fingerprint density at radius 2 is 1.82 bits per heavy atom. The Kier molecular flexibility index (Phi) is 3.48. The molecule has 1 saturated heterocycles. The number of piperidine rings is 1. The number of benzene rings is 1. The van der Waals surface area contributed by atoms with E-state index >= 15 is 0 Å². The Morgan fingerprint density at radius 1 is 1.24 bits per heavy atom. The molecule has 0 aromatic heterocycles. The highest BCUT2D eigenvalue weighted by Crippen LogP contribution is 2.35. The molecule has 3 heteroatoms. The van der Waals surface area contributed by atoms with Crippen molar-refractivity contribution in [3.05, 3.63) is 35.9 Å². The van der Waals surface area contributed by atoms with Gasteiger partial charge in [0, 0.05) is 7.05 Å². The van der Waals surface area contributed by atoms with E-state index in [0.717, 1.165) is 31.5 Å². The number of nitrogens with zero attached hydrogens (tertiary/aromatic N) is 1. The predicted octanol–water partition coefficient (Wildman–Crippen LogP) is 1.40. The van der Waals surface area contributed by atoms with Crippen molar-refractivity contribution >= 4 is 5.91 Å². The summed E-state index contributed by atoms with van der Waals surface area (Å²) in [4.78, 5) is 14.5. The van der Waals surface area contributed by atoms with Crippen molar-refractivity contribution in [2.24, 2.45) is 0 Å². The minimum absolute atomic E-state index is 0.150. The summed E-state index contributed by atoms with van der Waals surface area (Å²) < 4.78 is 0. The number of likely N-dealkylation sites (N-methyl/N-ethyl adjacent to an activating group) is 1. The van der Waals surface area contributed by atoms with Gasteiger partial charge in [0.25, 0.3) is 0 Å². The summed E-state index contributed by atoms with van der Waals surface area (Å²) in [5, 5.41) is 2.83. The highest BCUT2D eigenvalue weighted by Gasteiger charge is 2.41. The first kappa shape index (κ1) is 12.1. The molecule has 17 heavy (non-hydrogen) atoms. The van der Waals surface area contributed by atoms with Crippen molar-refractivity contribution in [2.45, 2.75) is 18.3 Å². The molecule has 1 fully saturated rings. The van der Waals surface area contributed by atoms with Crippen LogP contribution in [0.2, 0.25) is 0 Å². The van der Waals surface area contributed by atoms with E-state index in [9.17, 15) is 4.79 Å². The van der Waals surface area contributed by atoms with E-state index in [-0.39, 0.29) is 11.3 Å². The molecule has 1 aliphatic rings. The van der Waals surface area contributed by atoms with Crippen LogP contribution in [0.15, 0.2) is 30.3 Å². The summed E-state index contributed by atoms with van der Waals surface area (Å²) in [5.74, 6) is 0.150. The summed E-state index contributed by atoms with van der Waals surface area (Å²) in [6, 6.07) is 10.2. The molecule has 1 aromatic carbocycles. The fourth-order valence-electron chi connectivity index (χ4n) is 2.64. The maximum Gasteiger partial charge on any atom is 0.230 e. The molecule has 1 N–H and O–H groups in total. The van der Waals surface area contributed by atoms with Crippen LogP contribution in [0.25, 0.3) is 0 Å². The second kappa shape index (κ2) is 4.88. The lowest BCUT2D eigenvalue weighted by Gasteiger charge is -2.39. The highest BCUT2D eigenvalue weighted by atomic mass is 16.2. The van der Waals surface area contributed by atoms with Crippen molar-refractivity contribution in [3.63, 3.8) is 0 Å². The molecule has 1 amide bonds. The molecule has 3 nitrogen and oxygen atoms in total. The van der Waals surface area contributed by atoms with Crippen LogP contribution in [0.4, 0.5) is 0 Å². The minimum atomic E-state index is -0.331. The Labute approximate surface area is 103 Å². The monoisotopic (exact) mass is 232 g/mol. The largest absolute Gasteiger partial charge is 0.358 e. The number of hydrogen-bond acceptors (Lipinski definition) is 2. The van der Waals surface area contributed by atoms with Gasteiger partial charge in [-0.25, -0.2) is 0 Å². The van der Waals surface area contributed by atoms with E-state index in [0.29, 0.717) is 0 Å². The number of carbonyl (C=O) groups is 1. The minimum Gasteiger partial charge on any atom is -0.358 e. The standard InChI is InChI=1S/C14H20N2O/c1-15-13(17)14(8-10-16(2)11-9-14)12-6-4-3-5-7-12/h3-7H,8-11H2,1-2H3,(H,15,17). The fraction of sp³-hybridized carbons (Fsp3) is 0.500. The summed E-state index contributed by atoms with van der Waals surface area (Å²) in [5.41, 5.74) is 0.815. The number of amides is 1. The second-order valence-corrected chi connectivity index (χ2v) is 4.83. The smallest absolute Gasteiger partial charge is 0.230 e. The lowest BCUT2D eigenvalue weighted by molar-refractivity contribution is -0.128. The Bertz CT molecular complexity index is 380. The van der Waals surface area contributed by atoms with Crippen molar-refractivity contribution in [1.82, 2.24) is 10.2 Å². The van der Waals surface area contributed by atoms with Crippen LogP contribution in [0.5, 0.6) is 0 Å². The van der Waals surface area contributed by atoms with E-state index in [1.54, 1.807) is 7.05 Å². The summed E-state index contributed by atoms with van der Waals surface area (Å²) >= 11 is 0. The zero-order valence-electron chi connectivity index (χ0n) is 10.6.